The van der Waals surface area contributed by atoms with E-state index in [4.69, 9.17) is 4.98 Å². The Morgan fingerprint density at radius 1 is 1.13 bits per heavy atom. The van der Waals surface area contributed by atoms with E-state index in [0.29, 0.717) is 6.04 Å². The second-order valence-corrected chi connectivity index (χ2v) is 6.64. The van der Waals surface area contributed by atoms with Crippen LogP contribution in [-0.2, 0) is 13.6 Å². The Hall–Kier alpha value is -2.13. The summed E-state index contributed by atoms with van der Waals surface area (Å²) in [5.41, 5.74) is 5.06. The molecule has 0 bridgehead atoms. The number of likely N-dealkylation sites (tertiary alicyclic amines) is 1. The van der Waals surface area contributed by atoms with Crippen LogP contribution in [0.1, 0.15) is 35.8 Å². The van der Waals surface area contributed by atoms with Crippen LogP contribution in [0.2, 0.25) is 0 Å². The van der Waals surface area contributed by atoms with Crippen LogP contribution in [0.5, 0.6) is 0 Å². The van der Waals surface area contributed by atoms with Gasteiger partial charge in [0.25, 0.3) is 0 Å². The highest BCUT2D eigenvalue weighted by Crippen LogP contribution is 2.34. The van der Waals surface area contributed by atoms with E-state index in [2.05, 4.69) is 72.0 Å². The minimum Gasteiger partial charge on any atom is -0.330 e. The molecule has 0 saturated carbocycles. The summed E-state index contributed by atoms with van der Waals surface area (Å²) in [6.45, 7) is 4.33. The molecule has 1 saturated heterocycles. The monoisotopic (exact) mass is 305 g/mol. The van der Waals surface area contributed by atoms with Crippen LogP contribution in [0.15, 0.2) is 48.5 Å². The quantitative estimate of drug-likeness (QED) is 0.722. The minimum atomic E-state index is 0.424. The molecule has 1 aliphatic heterocycles. The number of aromatic nitrogens is 2. The van der Waals surface area contributed by atoms with Crippen molar-refractivity contribution in [3.8, 4) is 0 Å². The Kier molecular flexibility index (Phi) is 3.66. The summed E-state index contributed by atoms with van der Waals surface area (Å²) < 4.78 is 2.27. The highest BCUT2D eigenvalue weighted by Gasteiger charge is 2.29. The summed E-state index contributed by atoms with van der Waals surface area (Å²) in [7, 11) is 2.15. The number of hydrogen-bond donors (Lipinski definition) is 0. The van der Waals surface area contributed by atoms with Gasteiger partial charge in [0.2, 0.25) is 0 Å². The standard InChI is InChI=1S/C20H23N3/c1-15-7-5-8-16(13-15)14-23-12-6-11-19(23)20-21-17-9-3-4-10-18(17)22(20)2/h3-5,7-10,13,19H,6,11-12,14H2,1-2H3/t19-/m1/s1. The Balaban J connectivity index is 1.65. The third kappa shape index (κ3) is 2.66. The zero-order valence-electron chi connectivity index (χ0n) is 13.9. The number of benzene rings is 2. The number of nitrogens with zero attached hydrogens (tertiary/aromatic N) is 3. The second kappa shape index (κ2) is 5.82. The predicted octanol–water partition coefficient (Wildman–Crippen LogP) is 4.22. The SMILES string of the molecule is Cc1cccc(CN2CCC[C@@H]2c2nc3ccccc3n2C)c1. The normalized spacial score (nSPS) is 18.8. The van der Waals surface area contributed by atoms with Crippen molar-refractivity contribution < 1.29 is 0 Å². The fraction of sp³-hybridized carbons (Fsp3) is 0.350. The van der Waals surface area contributed by atoms with Crippen LogP contribution in [0.4, 0.5) is 0 Å². The van der Waals surface area contributed by atoms with Crippen molar-refractivity contribution in [1.29, 1.82) is 0 Å². The molecule has 3 aromatic rings. The first-order valence-corrected chi connectivity index (χ1v) is 8.43. The van der Waals surface area contributed by atoms with Gasteiger partial charge in [-0.05, 0) is 44.0 Å². The van der Waals surface area contributed by atoms with Crippen LogP contribution in [0.25, 0.3) is 11.0 Å². The number of imidazole rings is 1. The zero-order chi connectivity index (χ0) is 15.8. The van der Waals surface area contributed by atoms with Gasteiger partial charge in [0.05, 0.1) is 17.1 Å². The van der Waals surface area contributed by atoms with Gasteiger partial charge in [-0.15, -0.1) is 0 Å². The number of hydrogen-bond acceptors (Lipinski definition) is 2. The molecule has 0 aliphatic carbocycles. The average molecular weight is 305 g/mol. The van der Waals surface area contributed by atoms with Gasteiger partial charge in [0, 0.05) is 13.6 Å². The molecule has 2 heterocycles. The van der Waals surface area contributed by atoms with Crippen molar-refractivity contribution in [2.75, 3.05) is 6.54 Å². The lowest BCUT2D eigenvalue weighted by molar-refractivity contribution is 0.237. The van der Waals surface area contributed by atoms with Gasteiger partial charge in [0.15, 0.2) is 0 Å². The van der Waals surface area contributed by atoms with E-state index in [9.17, 15) is 0 Å². The second-order valence-electron chi connectivity index (χ2n) is 6.64. The van der Waals surface area contributed by atoms with E-state index >= 15 is 0 Å². The maximum Gasteiger partial charge on any atom is 0.127 e. The number of para-hydroxylation sites is 2. The molecule has 4 rings (SSSR count). The van der Waals surface area contributed by atoms with Gasteiger partial charge in [0.1, 0.15) is 5.82 Å². The average Bonchev–Trinajstić information content (AvgIpc) is 3.12. The van der Waals surface area contributed by atoms with E-state index in [1.165, 1.54) is 35.3 Å². The third-order valence-corrected chi connectivity index (χ3v) is 4.95. The fourth-order valence-electron chi connectivity index (χ4n) is 3.81. The van der Waals surface area contributed by atoms with Crippen molar-refractivity contribution >= 4 is 11.0 Å². The van der Waals surface area contributed by atoms with E-state index in [1.54, 1.807) is 0 Å². The first kappa shape index (κ1) is 14.5. The summed E-state index contributed by atoms with van der Waals surface area (Å²) in [5.74, 6) is 1.20. The number of aryl methyl sites for hydroxylation is 2. The maximum atomic E-state index is 4.92. The highest BCUT2D eigenvalue weighted by atomic mass is 15.2. The smallest absolute Gasteiger partial charge is 0.127 e. The predicted molar refractivity (Wildman–Crippen MR) is 94.3 cm³/mol. The Morgan fingerprint density at radius 3 is 2.83 bits per heavy atom. The van der Waals surface area contributed by atoms with Crippen LogP contribution < -0.4 is 0 Å². The van der Waals surface area contributed by atoms with Crippen molar-refractivity contribution in [2.24, 2.45) is 7.05 Å². The van der Waals surface area contributed by atoms with Gasteiger partial charge in [-0.1, -0.05) is 42.0 Å². The van der Waals surface area contributed by atoms with Crippen LogP contribution in [0, 0.1) is 6.92 Å². The molecule has 0 radical (unpaired) electrons. The molecule has 1 aromatic heterocycles. The molecule has 3 nitrogen and oxygen atoms in total. The largest absolute Gasteiger partial charge is 0.330 e. The maximum absolute atomic E-state index is 4.92. The Labute approximate surface area is 137 Å². The van der Waals surface area contributed by atoms with Gasteiger partial charge in [-0.2, -0.15) is 0 Å². The van der Waals surface area contributed by atoms with Crippen LogP contribution in [-0.4, -0.2) is 21.0 Å². The van der Waals surface area contributed by atoms with Crippen molar-refractivity contribution in [3.63, 3.8) is 0 Å². The third-order valence-electron chi connectivity index (χ3n) is 4.95. The Bertz CT molecular complexity index is 834. The summed E-state index contributed by atoms with van der Waals surface area (Å²) >= 11 is 0. The summed E-state index contributed by atoms with van der Waals surface area (Å²) in [5, 5.41) is 0. The van der Waals surface area contributed by atoms with Crippen molar-refractivity contribution in [1.82, 2.24) is 14.5 Å². The molecular formula is C20H23N3. The first-order chi connectivity index (χ1) is 11.2. The van der Waals surface area contributed by atoms with Gasteiger partial charge in [-0.25, -0.2) is 4.98 Å². The molecular weight excluding hydrogens is 282 g/mol. The number of fused-ring (bicyclic) bond motifs is 1. The lowest BCUT2D eigenvalue weighted by Crippen LogP contribution is -2.24. The van der Waals surface area contributed by atoms with Gasteiger partial charge < -0.3 is 4.57 Å². The molecule has 1 fully saturated rings. The molecule has 23 heavy (non-hydrogen) atoms. The molecule has 1 atom stereocenters. The number of rotatable bonds is 3. The zero-order valence-corrected chi connectivity index (χ0v) is 13.9. The summed E-state index contributed by atoms with van der Waals surface area (Å²) in [6.07, 6.45) is 2.45. The summed E-state index contributed by atoms with van der Waals surface area (Å²) in [6, 6.07) is 17.7. The molecule has 0 spiro atoms. The van der Waals surface area contributed by atoms with E-state index in [0.717, 1.165) is 18.6 Å². The van der Waals surface area contributed by atoms with Crippen molar-refractivity contribution in [3.05, 3.63) is 65.5 Å². The Morgan fingerprint density at radius 2 is 2.00 bits per heavy atom. The van der Waals surface area contributed by atoms with E-state index in [-0.39, 0.29) is 0 Å². The molecule has 0 amide bonds. The first-order valence-electron chi connectivity index (χ1n) is 8.43. The van der Waals surface area contributed by atoms with Crippen LogP contribution in [0.3, 0.4) is 0 Å². The van der Waals surface area contributed by atoms with E-state index < -0.39 is 0 Å². The van der Waals surface area contributed by atoms with Crippen LogP contribution >= 0.6 is 0 Å². The van der Waals surface area contributed by atoms with E-state index in [1.807, 2.05) is 0 Å². The molecule has 1 aliphatic rings. The lowest BCUT2D eigenvalue weighted by Gasteiger charge is -2.24. The molecule has 3 heteroatoms. The minimum absolute atomic E-state index is 0.424. The fourth-order valence-corrected chi connectivity index (χ4v) is 3.81. The van der Waals surface area contributed by atoms with Gasteiger partial charge in [-0.3, -0.25) is 4.90 Å². The van der Waals surface area contributed by atoms with Crippen molar-refractivity contribution in [2.45, 2.75) is 32.4 Å². The topological polar surface area (TPSA) is 21.1 Å². The van der Waals surface area contributed by atoms with Gasteiger partial charge >= 0.3 is 0 Å². The molecule has 0 N–H and O–H groups in total. The molecule has 2 aromatic carbocycles. The molecule has 0 unspecified atom stereocenters. The lowest BCUT2D eigenvalue weighted by atomic mass is 10.1. The highest BCUT2D eigenvalue weighted by molar-refractivity contribution is 5.75. The summed E-state index contributed by atoms with van der Waals surface area (Å²) in [4.78, 5) is 7.50. The molecule has 118 valence electrons.